The van der Waals surface area contributed by atoms with Gasteiger partial charge in [0.15, 0.2) is 12.9 Å². The van der Waals surface area contributed by atoms with E-state index in [1.54, 1.807) is 30.3 Å². The number of anilines is 1. The van der Waals surface area contributed by atoms with E-state index in [1.807, 2.05) is 0 Å². The van der Waals surface area contributed by atoms with E-state index in [0.717, 1.165) is 6.07 Å². The monoisotopic (exact) mass is 372 g/mol. The summed E-state index contributed by atoms with van der Waals surface area (Å²) in [4.78, 5) is 46.4. The summed E-state index contributed by atoms with van der Waals surface area (Å²) in [5.74, 6) is -1.02. The molecule has 0 N–H and O–H groups in total. The molecule has 0 heterocycles. The van der Waals surface area contributed by atoms with Crippen molar-refractivity contribution in [3.8, 4) is 5.75 Å². The highest BCUT2D eigenvalue weighted by Gasteiger charge is 2.21. The van der Waals surface area contributed by atoms with Crippen molar-refractivity contribution in [2.24, 2.45) is 0 Å². The number of hydrogen-bond acceptors (Lipinski definition) is 7. The first-order valence-electron chi connectivity index (χ1n) is 7.75. The second kappa shape index (κ2) is 9.09. The van der Waals surface area contributed by atoms with Gasteiger partial charge in [0.1, 0.15) is 12.3 Å². The van der Waals surface area contributed by atoms with Crippen LogP contribution in [0.5, 0.6) is 5.75 Å². The van der Waals surface area contributed by atoms with E-state index in [0.29, 0.717) is 12.0 Å². The topological polar surface area (TPSA) is 116 Å². The van der Waals surface area contributed by atoms with Gasteiger partial charge in [-0.1, -0.05) is 18.2 Å². The first kappa shape index (κ1) is 19.6. The summed E-state index contributed by atoms with van der Waals surface area (Å²) >= 11 is 0. The number of carbonyl (C=O) groups excluding carboxylic acids is 3. The number of benzene rings is 2. The Labute approximate surface area is 154 Å². The van der Waals surface area contributed by atoms with E-state index in [-0.39, 0.29) is 23.5 Å². The zero-order chi connectivity index (χ0) is 19.8. The normalized spacial score (nSPS) is 9.96. The van der Waals surface area contributed by atoms with Gasteiger partial charge in [-0.05, 0) is 24.3 Å². The molecule has 0 atom stereocenters. The van der Waals surface area contributed by atoms with Crippen molar-refractivity contribution < 1.29 is 28.8 Å². The van der Waals surface area contributed by atoms with E-state index < -0.39 is 23.4 Å². The largest absolute Gasteiger partial charge is 0.484 e. The maximum atomic E-state index is 12.5. The van der Waals surface area contributed by atoms with Crippen LogP contribution in [0, 0.1) is 10.1 Å². The van der Waals surface area contributed by atoms with E-state index in [2.05, 4.69) is 4.74 Å². The third-order valence-electron chi connectivity index (χ3n) is 3.57. The lowest BCUT2D eigenvalue weighted by atomic mass is 10.2. The van der Waals surface area contributed by atoms with Gasteiger partial charge < -0.3 is 9.47 Å². The lowest BCUT2D eigenvalue weighted by Gasteiger charge is -2.21. The number of amides is 1. The molecule has 0 aromatic heterocycles. The lowest BCUT2D eigenvalue weighted by molar-refractivity contribution is -0.385. The fourth-order valence-corrected chi connectivity index (χ4v) is 2.23. The quantitative estimate of drug-likeness (QED) is 0.301. The molecule has 0 radical (unpaired) electrons. The van der Waals surface area contributed by atoms with Gasteiger partial charge in [0, 0.05) is 11.8 Å². The van der Waals surface area contributed by atoms with Crippen molar-refractivity contribution in [3.05, 3.63) is 64.2 Å². The average Bonchev–Trinajstić information content (AvgIpc) is 2.70. The van der Waals surface area contributed by atoms with Crippen molar-refractivity contribution >= 4 is 29.5 Å². The summed E-state index contributed by atoms with van der Waals surface area (Å²) in [5, 5.41) is 10.8. The molecule has 2 rings (SSSR count). The molecule has 9 nitrogen and oxygen atoms in total. The third kappa shape index (κ3) is 5.11. The Morgan fingerprint density at radius 3 is 2.48 bits per heavy atom. The number of esters is 1. The number of nitro benzene ring substituents is 1. The van der Waals surface area contributed by atoms with Crippen LogP contribution in [0.1, 0.15) is 10.4 Å². The number of aldehydes is 1. The van der Waals surface area contributed by atoms with Gasteiger partial charge in [-0.15, -0.1) is 0 Å². The summed E-state index contributed by atoms with van der Waals surface area (Å²) < 4.78 is 9.94. The van der Waals surface area contributed by atoms with Crippen molar-refractivity contribution in [2.45, 2.75) is 0 Å². The molecule has 0 aliphatic heterocycles. The minimum atomic E-state index is -0.688. The molecule has 0 saturated heterocycles. The van der Waals surface area contributed by atoms with Gasteiger partial charge >= 0.3 is 5.97 Å². The molecule has 0 aliphatic rings. The predicted molar refractivity (Wildman–Crippen MR) is 94.8 cm³/mol. The Balaban J connectivity index is 2.14. The summed E-state index contributed by atoms with van der Waals surface area (Å²) in [7, 11) is 1.21. The Morgan fingerprint density at radius 2 is 1.89 bits per heavy atom. The van der Waals surface area contributed by atoms with Crippen LogP contribution in [0.25, 0.3) is 0 Å². The summed E-state index contributed by atoms with van der Waals surface area (Å²) in [6.07, 6.45) is 0.334. The van der Waals surface area contributed by atoms with Crippen LogP contribution in [-0.4, -0.2) is 43.3 Å². The van der Waals surface area contributed by atoms with Gasteiger partial charge in [-0.25, -0.2) is 0 Å². The van der Waals surface area contributed by atoms with Gasteiger partial charge in [-0.2, -0.15) is 0 Å². The first-order valence-corrected chi connectivity index (χ1v) is 7.75. The Morgan fingerprint density at radius 1 is 1.19 bits per heavy atom. The highest BCUT2D eigenvalue weighted by molar-refractivity contribution is 5.98. The number of rotatable bonds is 8. The molecule has 140 valence electrons. The molecule has 2 aromatic carbocycles. The highest BCUT2D eigenvalue weighted by Crippen LogP contribution is 2.23. The molecule has 2 aromatic rings. The maximum absolute atomic E-state index is 12.5. The SMILES string of the molecule is COC(=O)CN(C(=O)COc1ccc([N+](=O)[O-])c(C=O)c1)c1ccccc1. The van der Waals surface area contributed by atoms with Gasteiger partial charge in [0.25, 0.3) is 11.6 Å². The van der Waals surface area contributed by atoms with Crippen molar-refractivity contribution in [3.63, 3.8) is 0 Å². The van der Waals surface area contributed by atoms with Crippen LogP contribution >= 0.6 is 0 Å². The predicted octanol–water partition coefficient (Wildman–Crippen LogP) is 1.99. The average molecular weight is 372 g/mol. The summed E-state index contributed by atoms with van der Waals surface area (Å²) in [5.41, 5.74) is -0.0477. The molecule has 0 bridgehead atoms. The number of hydrogen-bond donors (Lipinski definition) is 0. The van der Waals surface area contributed by atoms with Gasteiger partial charge in [0.05, 0.1) is 17.6 Å². The zero-order valence-electron chi connectivity index (χ0n) is 14.4. The lowest BCUT2D eigenvalue weighted by Crippen LogP contribution is -2.39. The van der Waals surface area contributed by atoms with Crippen LogP contribution in [0.15, 0.2) is 48.5 Å². The molecule has 0 fully saturated rings. The highest BCUT2D eigenvalue weighted by atomic mass is 16.6. The van der Waals surface area contributed by atoms with Crippen LogP contribution in [0.3, 0.4) is 0 Å². The van der Waals surface area contributed by atoms with Gasteiger partial charge in [-0.3, -0.25) is 29.4 Å². The molecule has 27 heavy (non-hydrogen) atoms. The molecule has 0 spiro atoms. The van der Waals surface area contributed by atoms with Crippen molar-refractivity contribution in [1.82, 2.24) is 0 Å². The standard InChI is InChI=1S/C18H16N2O7/c1-26-18(23)10-19(14-5-3-2-4-6-14)17(22)12-27-15-7-8-16(20(24)25)13(9-15)11-21/h2-9,11H,10,12H2,1H3. The van der Waals surface area contributed by atoms with E-state index in [4.69, 9.17) is 4.74 Å². The van der Waals surface area contributed by atoms with Crippen LogP contribution in [0.4, 0.5) is 11.4 Å². The minimum absolute atomic E-state index is 0.113. The molecular weight excluding hydrogens is 356 g/mol. The van der Waals surface area contributed by atoms with Crippen LogP contribution < -0.4 is 9.64 Å². The van der Waals surface area contributed by atoms with E-state index >= 15 is 0 Å². The molecule has 9 heteroatoms. The fourth-order valence-electron chi connectivity index (χ4n) is 2.23. The maximum Gasteiger partial charge on any atom is 0.325 e. The number of carbonyl (C=O) groups is 3. The Kier molecular flexibility index (Phi) is 6.59. The number of nitro groups is 1. The number of ether oxygens (including phenoxy) is 2. The second-order valence-corrected chi connectivity index (χ2v) is 5.28. The Hall–Kier alpha value is -3.75. The summed E-state index contributed by atoms with van der Waals surface area (Å²) in [6, 6.07) is 12.1. The number of methoxy groups -OCH3 is 1. The molecule has 0 unspecified atom stereocenters. The van der Waals surface area contributed by atoms with Crippen molar-refractivity contribution in [2.75, 3.05) is 25.2 Å². The smallest absolute Gasteiger partial charge is 0.325 e. The van der Waals surface area contributed by atoms with Gasteiger partial charge in [0.2, 0.25) is 0 Å². The first-order chi connectivity index (χ1) is 13.0. The molecule has 1 amide bonds. The molecular formula is C18H16N2O7. The zero-order valence-corrected chi connectivity index (χ0v) is 14.4. The minimum Gasteiger partial charge on any atom is -0.484 e. The van der Waals surface area contributed by atoms with Crippen LogP contribution in [-0.2, 0) is 14.3 Å². The Bertz CT molecular complexity index is 852. The van der Waals surface area contributed by atoms with Crippen molar-refractivity contribution in [1.29, 1.82) is 0 Å². The second-order valence-electron chi connectivity index (χ2n) is 5.28. The molecule has 0 saturated carbocycles. The van der Waals surface area contributed by atoms with Crippen LogP contribution in [0.2, 0.25) is 0 Å². The van der Waals surface area contributed by atoms with E-state index in [9.17, 15) is 24.5 Å². The number of para-hydroxylation sites is 1. The van der Waals surface area contributed by atoms with E-state index in [1.165, 1.54) is 24.1 Å². The summed E-state index contributed by atoms with van der Waals surface area (Å²) in [6.45, 7) is -0.745. The fraction of sp³-hybridized carbons (Fsp3) is 0.167. The molecule has 0 aliphatic carbocycles. The third-order valence-corrected chi connectivity index (χ3v) is 3.57. The number of nitrogens with zero attached hydrogens (tertiary/aromatic N) is 2.